The van der Waals surface area contributed by atoms with E-state index in [4.69, 9.17) is 11.6 Å². The lowest BCUT2D eigenvalue weighted by Crippen LogP contribution is -2.04. The van der Waals surface area contributed by atoms with Gasteiger partial charge in [-0.05, 0) is 46.2 Å². The van der Waals surface area contributed by atoms with Crippen LogP contribution < -0.4 is 0 Å². The average Bonchev–Trinajstić information content (AvgIpc) is 2.49. The van der Waals surface area contributed by atoms with Crippen molar-refractivity contribution in [3.05, 3.63) is 77.3 Å². The molecule has 0 N–H and O–H groups in total. The summed E-state index contributed by atoms with van der Waals surface area (Å²) in [5, 5.41) is 2.99. The molecule has 1 unspecified atom stereocenters. The number of fused-ring (bicyclic) bond motifs is 1. The van der Waals surface area contributed by atoms with Crippen LogP contribution in [0.5, 0.6) is 0 Å². The topological polar surface area (TPSA) is 23.1 Å². The highest BCUT2D eigenvalue weighted by Gasteiger charge is 2.12. The van der Waals surface area contributed by atoms with Crippen LogP contribution in [0.2, 0.25) is 5.02 Å². The molecule has 20 heavy (non-hydrogen) atoms. The summed E-state index contributed by atoms with van der Waals surface area (Å²) in [7, 11) is 0. The molecule has 0 aromatic heterocycles. The van der Waals surface area contributed by atoms with Crippen molar-refractivity contribution in [2.75, 3.05) is 0 Å². The fourth-order valence-electron chi connectivity index (χ4n) is 2.12. The zero-order valence-electron chi connectivity index (χ0n) is 10.8. The largest absolute Gasteiger partial charge is 0.611 e. The van der Waals surface area contributed by atoms with Crippen LogP contribution in [-0.2, 0) is 16.9 Å². The maximum absolute atomic E-state index is 12.4. The molecule has 1 atom stereocenters. The molecule has 1 nitrogen and oxygen atoms in total. The highest BCUT2D eigenvalue weighted by molar-refractivity contribution is 7.90. The Hall–Kier alpha value is -1.48. The van der Waals surface area contributed by atoms with Crippen molar-refractivity contribution in [3.8, 4) is 0 Å². The third-order valence-corrected chi connectivity index (χ3v) is 4.82. The fourth-order valence-corrected chi connectivity index (χ4v) is 3.39. The van der Waals surface area contributed by atoms with Gasteiger partial charge in [0.05, 0.1) is 0 Å². The number of halogens is 1. The fraction of sp³-hybridized carbons (Fsp3) is 0.0588. The first-order valence-electron chi connectivity index (χ1n) is 6.34. The van der Waals surface area contributed by atoms with E-state index in [-0.39, 0.29) is 0 Å². The van der Waals surface area contributed by atoms with Crippen LogP contribution in [0.1, 0.15) is 5.56 Å². The van der Waals surface area contributed by atoms with Crippen molar-refractivity contribution in [1.82, 2.24) is 0 Å². The smallest absolute Gasteiger partial charge is 0.153 e. The predicted octanol–water partition coefficient (Wildman–Crippen LogP) is 4.80. The Morgan fingerprint density at radius 3 is 2.30 bits per heavy atom. The number of hydrogen-bond acceptors (Lipinski definition) is 1. The van der Waals surface area contributed by atoms with Crippen LogP contribution in [0.3, 0.4) is 0 Å². The molecule has 0 spiro atoms. The van der Waals surface area contributed by atoms with Crippen molar-refractivity contribution >= 4 is 33.5 Å². The third kappa shape index (κ3) is 2.98. The van der Waals surface area contributed by atoms with Gasteiger partial charge in [0, 0.05) is 16.7 Å². The van der Waals surface area contributed by atoms with E-state index >= 15 is 0 Å². The van der Waals surface area contributed by atoms with Gasteiger partial charge < -0.3 is 4.55 Å². The van der Waals surface area contributed by atoms with Gasteiger partial charge in [0.2, 0.25) is 0 Å². The van der Waals surface area contributed by atoms with E-state index in [1.807, 2.05) is 60.7 Å². The van der Waals surface area contributed by atoms with E-state index in [0.29, 0.717) is 10.8 Å². The second kappa shape index (κ2) is 5.88. The van der Waals surface area contributed by atoms with Gasteiger partial charge in [0.15, 0.2) is 4.90 Å². The number of hydrogen-bond donors (Lipinski definition) is 0. The first kappa shape index (κ1) is 13.5. The Bertz CT molecular complexity index is 724. The molecule has 100 valence electrons. The van der Waals surface area contributed by atoms with E-state index in [2.05, 4.69) is 6.07 Å². The highest BCUT2D eigenvalue weighted by atomic mass is 35.5. The maximum Gasteiger partial charge on any atom is 0.153 e. The van der Waals surface area contributed by atoms with E-state index in [9.17, 15) is 4.55 Å². The maximum atomic E-state index is 12.4. The van der Waals surface area contributed by atoms with Crippen LogP contribution in [0, 0.1) is 0 Å². The number of rotatable bonds is 3. The SMILES string of the molecule is [O-][S+](Cc1ccc(Cl)cc1)c1ccc2ccccc2c1. The molecule has 0 saturated carbocycles. The Morgan fingerprint density at radius 1 is 0.850 bits per heavy atom. The minimum atomic E-state index is -1.04. The van der Waals surface area contributed by atoms with Crippen molar-refractivity contribution < 1.29 is 4.55 Å². The van der Waals surface area contributed by atoms with Gasteiger partial charge >= 0.3 is 0 Å². The van der Waals surface area contributed by atoms with E-state index in [1.165, 1.54) is 5.39 Å². The summed E-state index contributed by atoms with van der Waals surface area (Å²) in [5.41, 5.74) is 1.03. The van der Waals surface area contributed by atoms with Crippen molar-refractivity contribution in [2.24, 2.45) is 0 Å². The molecule has 0 radical (unpaired) electrons. The van der Waals surface area contributed by atoms with Gasteiger partial charge in [-0.3, -0.25) is 0 Å². The predicted molar refractivity (Wildman–Crippen MR) is 85.5 cm³/mol. The number of benzene rings is 3. The van der Waals surface area contributed by atoms with E-state index in [0.717, 1.165) is 15.8 Å². The second-order valence-corrected chi connectivity index (χ2v) is 6.51. The lowest BCUT2D eigenvalue weighted by atomic mass is 10.1. The Morgan fingerprint density at radius 2 is 1.55 bits per heavy atom. The summed E-state index contributed by atoms with van der Waals surface area (Å²) >= 11 is 4.81. The van der Waals surface area contributed by atoms with Gasteiger partial charge in [0.25, 0.3) is 0 Å². The van der Waals surface area contributed by atoms with E-state index in [1.54, 1.807) is 0 Å². The molecule has 3 aromatic rings. The van der Waals surface area contributed by atoms with Crippen LogP contribution in [0.4, 0.5) is 0 Å². The zero-order valence-corrected chi connectivity index (χ0v) is 12.3. The molecule has 3 heteroatoms. The zero-order chi connectivity index (χ0) is 13.9. The summed E-state index contributed by atoms with van der Waals surface area (Å²) in [6, 6.07) is 21.5. The Kier molecular flexibility index (Phi) is 3.97. The van der Waals surface area contributed by atoms with Crippen LogP contribution >= 0.6 is 11.6 Å². The summed E-state index contributed by atoms with van der Waals surface area (Å²) in [6.45, 7) is 0. The lowest BCUT2D eigenvalue weighted by Gasteiger charge is -2.11. The molecular formula is C17H13ClOS. The molecule has 0 aliphatic carbocycles. The van der Waals surface area contributed by atoms with Crippen molar-refractivity contribution in [3.63, 3.8) is 0 Å². The summed E-state index contributed by atoms with van der Waals surface area (Å²) in [5.74, 6) is 0.509. The standard InChI is InChI=1S/C17H13ClOS/c18-16-8-5-13(6-9-16)12-20(19)17-10-7-14-3-1-2-4-15(14)11-17/h1-11H,12H2. The van der Waals surface area contributed by atoms with Gasteiger partial charge in [-0.25, -0.2) is 0 Å². The van der Waals surface area contributed by atoms with Gasteiger partial charge in [-0.2, -0.15) is 0 Å². The quantitative estimate of drug-likeness (QED) is 0.637. The average molecular weight is 301 g/mol. The molecule has 0 aliphatic heterocycles. The Labute approximate surface area is 126 Å². The van der Waals surface area contributed by atoms with Crippen molar-refractivity contribution in [2.45, 2.75) is 10.6 Å². The van der Waals surface area contributed by atoms with Crippen LogP contribution in [0.25, 0.3) is 10.8 Å². The van der Waals surface area contributed by atoms with Crippen molar-refractivity contribution in [1.29, 1.82) is 0 Å². The molecule has 0 fully saturated rings. The molecular weight excluding hydrogens is 288 g/mol. The summed E-state index contributed by atoms with van der Waals surface area (Å²) in [6.07, 6.45) is 0. The third-order valence-electron chi connectivity index (χ3n) is 3.19. The minimum Gasteiger partial charge on any atom is -0.611 e. The summed E-state index contributed by atoms with van der Waals surface area (Å²) in [4.78, 5) is 0.860. The van der Waals surface area contributed by atoms with E-state index < -0.39 is 11.2 Å². The normalized spacial score (nSPS) is 12.5. The molecule has 0 aliphatic rings. The molecule has 0 amide bonds. The van der Waals surface area contributed by atoms with Gasteiger partial charge in [0.1, 0.15) is 5.75 Å². The van der Waals surface area contributed by atoms with Crippen LogP contribution in [0.15, 0.2) is 71.6 Å². The molecule has 3 aromatic carbocycles. The first-order chi connectivity index (χ1) is 9.72. The minimum absolute atomic E-state index is 0.509. The second-order valence-electron chi connectivity index (χ2n) is 4.63. The first-order valence-corrected chi connectivity index (χ1v) is 8.04. The van der Waals surface area contributed by atoms with Crippen LogP contribution in [-0.4, -0.2) is 4.55 Å². The van der Waals surface area contributed by atoms with Gasteiger partial charge in [-0.15, -0.1) is 0 Å². The molecule has 0 bridgehead atoms. The molecule has 0 heterocycles. The highest BCUT2D eigenvalue weighted by Crippen LogP contribution is 2.22. The summed E-state index contributed by atoms with van der Waals surface area (Å²) < 4.78 is 12.4. The van der Waals surface area contributed by atoms with Gasteiger partial charge in [-0.1, -0.05) is 48.0 Å². The lowest BCUT2D eigenvalue weighted by molar-refractivity contribution is 0.594. The Balaban J connectivity index is 1.84. The molecule has 0 saturated heterocycles. The monoisotopic (exact) mass is 300 g/mol. The molecule has 3 rings (SSSR count).